The quantitative estimate of drug-likeness (QED) is 0.770. The lowest BCUT2D eigenvalue weighted by Crippen LogP contribution is -2.41. The average Bonchev–Trinajstić information content (AvgIpc) is 3.41. The number of hydrogen-bond donors (Lipinski definition) is 0. The fraction of sp³-hybridized carbons (Fsp3) is 0.571. The van der Waals surface area contributed by atoms with Gasteiger partial charge in [0.15, 0.2) is 0 Å². The van der Waals surface area contributed by atoms with E-state index < -0.39 is 0 Å². The summed E-state index contributed by atoms with van der Waals surface area (Å²) in [7, 11) is 5.28. The first-order valence-electron chi connectivity index (χ1n) is 10.2. The van der Waals surface area contributed by atoms with Crippen LogP contribution in [0.5, 0.6) is 5.75 Å². The van der Waals surface area contributed by atoms with Crippen LogP contribution in [-0.2, 0) is 6.42 Å². The maximum atomic E-state index is 12.9. The third-order valence-electron chi connectivity index (χ3n) is 5.94. The molecule has 8 heteroatoms. The number of fused-ring (bicyclic) bond motifs is 1. The highest BCUT2D eigenvalue weighted by Crippen LogP contribution is 2.46. The van der Waals surface area contributed by atoms with Crippen molar-refractivity contribution in [3.05, 3.63) is 35.7 Å². The highest BCUT2D eigenvalue weighted by Gasteiger charge is 2.50. The molecule has 0 saturated carbocycles. The number of rotatable bonds is 5. The molecular formula is C21H29N5O3. The lowest BCUT2D eigenvalue weighted by molar-refractivity contribution is 0.159. The molecule has 2 aliphatic heterocycles. The van der Waals surface area contributed by atoms with Crippen LogP contribution >= 0.6 is 0 Å². The number of carbonyl (C=O) groups excluding carboxylic acids is 1. The van der Waals surface area contributed by atoms with Crippen LogP contribution < -0.4 is 9.64 Å². The summed E-state index contributed by atoms with van der Waals surface area (Å²) in [5.41, 5.74) is 1.13. The number of amides is 2. The number of carbonyl (C=O) groups is 1. The molecule has 1 aromatic heterocycles. The molecule has 0 spiro atoms. The van der Waals surface area contributed by atoms with Crippen LogP contribution in [0.4, 0.5) is 10.8 Å². The van der Waals surface area contributed by atoms with Gasteiger partial charge in [-0.1, -0.05) is 24.2 Å². The Bertz CT molecular complexity index is 850. The molecule has 0 aliphatic carbocycles. The Morgan fingerprint density at radius 3 is 2.62 bits per heavy atom. The average molecular weight is 399 g/mol. The van der Waals surface area contributed by atoms with Gasteiger partial charge < -0.3 is 23.9 Å². The van der Waals surface area contributed by atoms with Crippen molar-refractivity contribution in [1.82, 2.24) is 20.0 Å². The zero-order valence-electron chi connectivity index (χ0n) is 17.5. The van der Waals surface area contributed by atoms with E-state index in [0.29, 0.717) is 23.7 Å². The fourth-order valence-corrected chi connectivity index (χ4v) is 4.57. The van der Waals surface area contributed by atoms with Crippen LogP contribution in [-0.4, -0.2) is 66.9 Å². The molecule has 0 radical (unpaired) electrons. The van der Waals surface area contributed by atoms with Crippen molar-refractivity contribution >= 4 is 12.0 Å². The van der Waals surface area contributed by atoms with Gasteiger partial charge in [-0.2, -0.15) is 0 Å². The van der Waals surface area contributed by atoms with Gasteiger partial charge in [0.05, 0.1) is 13.2 Å². The summed E-state index contributed by atoms with van der Waals surface area (Å²) < 4.78 is 11.2. The molecule has 2 aromatic rings. The maximum absolute atomic E-state index is 12.9. The second-order valence-electron chi connectivity index (χ2n) is 8.10. The molecule has 4 rings (SSSR count). The SMILES string of the molecule is CCCc1nnc(N2C[C@@H]3CN(C(=O)N(C)C)[C@@H](c4ccc(OC)cc4)[C@@H]3C2)o1. The second kappa shape index (κ2) is 7.93. The number of ether oxygens (including phenoxy) is 1. The lowest BCUT2D eigenvalue weighted by Gasteiger charge is -2.31. The summed E-state index contributed by atoms with van der Waals surface area (Å²) in [6, 6.07) is 8.72. The standard InChI is InChI=1S/C21H29N5O3/c1-5-6-18-22-23-20(29-18)25-11-15-12-26(21(27)24(2)3)19(17(15)13-25)14-7-9-16(28-4)10-8-14/h7-10,15,17,19H,5-6,11-13H2,1-4H3/t15-,17-,19+/m1/s1. The maximum Gasteiger partial charge on any atom is 0.320 e. The van der Waals surface area contributed by atoms with Gasteiger partial charge >= 0.3 is 12.0 Å². The van der Waals surface area contributed by atoms with E-state index in [2.05, 4.69) is 34.2 Å². The summed E-state index contributed by atoms with van der Waals surface area (Å²) in [5.74, 6) is 2.19. The van der Waals surface area contributed by atoms with Crippen molar-refractivity contribution in [2.24, 2.45) is 11.8 Å². The van der Waals surface area contributed by atoms with Crippen molar-refractivity contribution < 1.29 is 13.9 Å². The first-order valence-corrected chi connectivity index (χ1v) is 10.2. The smallest absolute Gasteiger partial charge is 0.320 e. The van der Waals surface area contributed by atoms with Gasteiger partial charge in [-0.3, -0.25) is 0 Å². The third kappa shape index (κ3) is 3.63. The van der Waals surface area contributed by atoms with E-state index in [1.165, 1.54) is 0 Å². The topological polar surface area (TPSA) is 74.9 Å². The van der Waals surface area contributed by atoms with Crippen molar-refractivity contribution in [1.29, 1.82) is 0 Å². The van der Waals surface area contributed by atoms with Crippen LogP contribution in [0.15, 0.2) is 28.7 Å². The van der Waals surface area contributed by atoms with Crippen molar-refractivity contribution in [2.75, 3.05) is 45.7 Å². The summed E-state index contributed by atoms with van der Waals surface area (Å²) >= 11 is 0. The van der Waals surface area contributed by atoms with Gasteiger partial charge in [-0.15, -0.1) is 5.10 Å². The van der Waals surface area contributed by atoms with Gasteiger partial charge in [-0.05, 0) is 24.1 Å². The number of anilines is 1. The number of nitrogens with zero attached hydrogens (tertiary/aromatic N) is 5. The highest BCUT2D eigenvalue weighted by atomic mass is 16.5. The molecular weight excluding hydrogens is 370 g/mol. The number of aromatic nitrogens is 2. The number of hydrogen-bond acceptors (Lipinski definition) is 6. The van der Waals surface area contributed by atoms with Gasteiger partial charge in [0.25, 0.3) is 0 Å². The Labute approximate surface area is 171 Å². The van der Waals surface area contributed by atoms with Crippen LogP contribution in [0, 0.1) is 11.8 Å². The predicted molar refractivity (Wildman–Crippen MR) is 109 cm³/mol. The summed E-state index contributed by atoms with van der Waals surface area (Å²) in [6.45, 7) is 4.44. The van der Waals surface area contributed by atoms with Crippen LogP contribution in [0.1, 0.15) is 30.8 Å². The van der Waals surface area contributed by atoms with Crippen molar-refractivity contribution in [3.63, 3.8) is 0 Å². The molecule has 29 heavy (non-hydrogen) atoms. The minimum atomic E-state index is 0.0174. The Morgan fingerprint density at radius 2 is 1.97 bits per heavy atom. The van der Waals surface area contributed by atoms with Crippen LogP contribution in [0.2, 0.25) is 0 Å². The van der Waals surface area contributed by atoms with E-state index in [1.54, 1.807) is 12.0 Å². The Balaban J connectivity index is 1.59. The number of methoxy groups -OCH3 is 1. The Morgan fingerprint density at radius 1 is 1.21 bits per heavy atom. The van der Waals surface area contributed by atoms with Crippen LogP contribution in [0.3, 0.4) is 0 Å². The molecule has 0 N–H and O–H groups in total. The molecule has 3 heterocycles. The van der Waals surface area contributed by atoms with Gasteiger partial charge in [0, 0.05) is 52.0 Å². The van der Waals surface area contributed by atoms with Gasteiger partial charge in [0.2, 0.25) is 5.89 Å². The molecule has 156 valence electrons. The largest absolute Gasteiger partial charge is 0.497 e. The van der Waals surface area contributed by atoms with E-state index in [1.807, 2.05) is 31.1 Å². The predicted octanol–water partition coefficient (Wildman–Crippen LogP) is 2.82. The van der Waals surface area contributed by atoms with E-state index in [-0.39, 0.29) is 12.1 Å². The molecule has 2 saturated heterocycles. The summed E-state index contributed by atoms with van der Waals surface area (Å²) in [5, 5.41) is 8.41. The first kappa shape index (κ1) is 19.5. The second-order valence-corrected chi connectivity index (χ2v) is 8.10. The van der Waals surface area contributed by atoms with Crippen molar-refractivity contribution in [2.45, 2.75) is 25.8 Å². The molecule has 2 fully saturated rings. The van der Waals surface area contributed by atoms with E-state index in [0.717, 1.165) is 43.8 Å². The van der Waals surface area contributed by atoms with Gasteiger partial charge in [-0.25, -0.2) is 4.79 Å². The summed E-state index contributed by atoms with van der Waals surface area (Å²) in [4.78, 5) is 18.7. The van der Waals surface area contributed by atoms with Crippen LogP contribution in [0.25, 0.3) is 0 Å². The van der Waals surface area contributed by atoms with E-state index in [9.17, 15) is 4.79 Å². The van der Waals surface area contributed by atoms with E-state index >= 15 is 0 Å². The monoisotopic (exact) mass is 399 g/mol. The molecule has 0 bridgehead atoms. The fourth-order valence-electron chi connectivity index (χ4n) is 4.57. The number of aryl methyl sites for hydroxylation is 1. The first-order chi connectivity index (χ1) is 14.0. The summed E-state index contributed by atoms with van der Waals surface area (Å²) in [6.07, 6.45) is 1.78. The minimum Gasteiger partial charge on any atom is -0.497 e. The number of likely N-dealkylation sites (tertiary alicyclic amines) is 1. The highest BCUT2D eigenvalue weighted by molar-refractivity contribution is 5.75. The third-order valence-corrected chi connectivity index (χ3v) is 5.94. The minimum absolute atomic E-state index is 0.0174. The Kier molecular flexibility index (Phi) is 5.34. The molecule has 2 aliphatic rings. The molecule has 0 unspecified atom stereocenters. The number of urea groups is 1. The van der Waals surface area contributed by atoms with Gasteiger partial charge in [0.1, 0.15) is 5.75 Å². The number of benzene rings is 1. The normalized spacial score (nSPS) is 23.4. The Hall–Kier alpha value is -2.77. The van der Waals surface area contributed by atoms with Crippen molar-refractivity contribution in [3.8, 4) is 5.75 Å². The zero-order valence-corrected chi connectivity index (χ0v) is 17.5. The molecule has 1 aromatic carbocycles. The zero-order chi connectivity index (χ0) is 20.5. The lowest BCUT2D eigenvalue weighted by atomic mass is 9.89. The van der Waals surface area contributed by atoms with E-state index in [4.69, 9.17) is 9.15 Å². The molecule has 8 nitrogen and oxygen atoms in total. The molecule has 3 atom stereocenters. The molecule has 2 amide bonds.